The van der Waals surface area contributed by atoms with E-state index in [9.17, 15) is 0 Å². The lowest BCUT2D eigenvalue weighted by atomic mass is 10.2. The second-order valence-electron chi connectivity index (χ2n) is 3.15. The number of hydrogen-bond donors (Lipinski definition) is 1. The fourth-order valence-corrected chi connectivity index (χ4v) is 1.44. The van der Waals surface area contributed by atoms with Gasteiger partial charge in [0.25, 0.3) is 0 Å². The zero-order chi connectivity index (χ0) is 10.4. The molecule has 0 unspecified atom stereocenters. The van der Waals surface area contributed by atoms with Crippen LogP contribution in [0.15, 0.2) is 18.2 Å². The van der Waals surface area contributed by atoms with Crippen LogP contribution in [0.4, 0.5) is 5.69 Å². The minimum Gasteiger partial charge on any atom is -0.385 e. The molecule has 0 heterocycles. The maximum Gasteiger partial charge on any atom is 0.0622 e. The van der Waals surface area contributed by atoms with Gasteiger partial charge in [0.15, 0.2) is 0 Å². The fraction of sp³-hybridized carbons (Fsp3) is 0.364. The van der Waals surface area contributed by atoms with E-state index in [1.54, 1.807) is 0 Å². The summed E-state index contributed by atoms with van der Waals surface area (Å²) < 4.78 is 0. The van der Waals surface area contributed by atoms with Gasteiger partial charge in [-0.15, -0.1) is 0 Å². The fourth-order valence-electron chi connectivity index (χ4n) is 1.22. The van der Waals surface area contributed by atoms with E-state index >= 15 is 0 Å². The van der Waals surface area contributed by atoms with Gasteiger partial charge >= 0.3 is 0 Å². The third kappa shape index (κ3) is 3.27. The molecule has 1 N–H and O–H groups in total. The van der Waals surface area contributed by atoms with E-state index in [0.29, 0.717) is 6.42 Å². The van der Waals surface area contributed by atoms with Crippen molar-refractivity contribution in [1.82, 2.24) is 0 Å². The molecular weight excluding hydrogens is 196 g/mol. The summed E-state index contributed by atoms with van der Waals surface area (Å²) in [4.78, 5) is 0. The van der Waals surface area contributed by atoms with Crippen LogP contribution in [0, 0.1) is 18.3 Å². The quantitative estimate of drug-likeness (QED) is 0.771. The van der Waals surface area contributed by atoms with Crippen LogP contribution in [0.25, 0.3) is 0 Å². The SMILES string of the molecule is Cc1cc(Cl)ccc1NCCCC#N. The largest absolute Gasteiger partial charge is 0.385 e. The third-order valence-electron chi connectivity index (χ3n) is 1.97. The van der Waals surface area contributed by atoms with Gasteiger partial charge in [0.05, 0.1) is 6.07 Å². The summed E-state index contributed by atoms with van der Waals surface area (Å²) >= 11 is 5.83. The molecule has 0 aliphatic carbocycles. The third-order valence-corrected chi connectivity index (χ3v) is 2.20. The van der Waals surface area contributed by atoms with Crippen molar-refractivity contribution < 1.29 is 0 Å². The van der Waals surface area contributed by atoms with Gasteiger partial charge in [-0.25, -0.2) is 0 Å². The zero-order valence-electron chi connectivity index (χ0n) is 8.18. The standard InChI is InChI=1S/C11H13ClN2/c1-9-8-10(12)4-5-11(9)14-7-3-2-6-13/h4-5,8,14H,2-3,7H2,1H3. The molecule has 0 atom stereocenters. The van der Waals surface area contributed by atoms with Crippen LogP contribution in [0.2, 0.25) is 5.02 Å². The number of hydrogen-bond acceptors (Lipinski definition) is 2. The highest BCUT2D eigenvalue weighted by Gasteiger charge is 1.97. The molecule has 1 aromatic rings. The lowest BCUT2D eigenvalue weighted by Crippen LogP contribution is -2.02. The van der Waals surface area contributed by atoms with E-state index in [-0.39, 0.29) is 0 Å². The van der Waals surface area contributed by atoms with E-state index in [0.717, 1.165) is 29.2 Å². The minimum absolute atomic E-state index is 0.597. The number of unbranched alkanes of at least 4 members (excludes halogenated alkanes) is 1. The molecule has 0 spiro atoms. The average molecular weight is 209 g/mol. The summed E-state index contributed by atoms with van der Waals surface area (Å²) in [5, 5.41) is 12.4. The lowest BCUT2D eigenvalue weighted by molar-refractivity contribution is 0.896. The van der Waals surface area contributed by atoms with Crippen LogP contribution in [-0.4, -0.2) is 6.54 Å². The molecule has 0 saturated carbocycles. The molecule has 74 valence electrons. The first-order valence-electron chi connectivity index (χ1n) is 4.61. The van der Waals surface area contributed by atoms with Crippen molar-refractivity contribution in [1.29, 1.82) is 5.26 Å². The summed E-state index contributed by atoms with van der Waals surface area (Å²) in [5.74, 6) is 0. The molecule has 0 aromatic heterocycles. The van der Waals surface area contributed by atoms with Crippen LogP contribution in [0.5, 0.6) is 0 Å². The Bertz CT molecular complexity index is 342. The number of nitriles is 1. The van der Waals surface area contributed by atoms with Gasteiger partial charge in [0.2, 0.25) is 0 Å². The molecule has 0 fully saturated rings. The summed E-state index contributed by atoms with van der Waals surface area (Å²) in [6.45, 7) is 2.84. The van der Waals surface area contributed by atoms with Crippen LogP contribution in [0.3, 0.4) is 0 Å². The molecule has 0 aliphatic rings. The molecular formula is C11H13ClN2. The van der Waals surface area contributed by atoms with Crippen LogP contribution >= 0.6 is 11.6 Å². The normalized spacial score (nSPS) is 9.50. The van der Waals surface area contributed by atoms with Crippen molar-refractivity contribution in [3.8, 4) is 6.07 Å². The topological polar surface area (TPSA) is 35.8 Å². The van der Waals surface area contributed by atoms with Gasteiger partial charge in [-0.3, -0.25) is 0 Å². The van der Waals surface area contributed by atoms with Gasteiger partial charge in [0.1, 0.15) is 0 Å². The number of rotatable bonds is 4. The Morgan fingerprint density at radius 3 is 2.93 bits per heavy atom. The smallest absolute Gasteiger partial charge is 0.0622 e. The number of anilines is 1. The highest BCUT2D eigenvalue weighted by molar-refractivity contribution is 6.30. The molecule has 0 amide bonds. The van der Waals surface area contributed by atoms with Crippen LogP contribution in [-0.2, 0) is 0 Å². The molecule has 3 heteroatoms. The molecule has 2 nitrogen and oxygen atoms in total. The van der Waals surface area contributed by atoms with Crippen LogP contribution in [0.1, 0.15) is 18.4 Å². The minimum atomic E-state index is 0.597. The summed E-state index contributed by atoms with van der Waals surface area (Å²) in [6, 6.07) is 7.87. The molecule has 14 heavy (non-hydrogen) atoms. The van der Waals surface area contributed by atoms with Crippen molar-refractivity contribution in [2.75, 3.05) is 11.9 Å². The number of aryl methyl sites for hydroxylation is 1. The van der Waals surface area contributed by atoms with Gasteiger partial charge in [-0.2, -0.15) is 5.26 Å². The first-order chi connectivity index (χ1) is 6.74. The molecule has 0 aliphatic heterocycles. The monoisotopic (exact) mass is 208 g/mol. The average Bonchev–Trinajstić information content (AvgIpc) is 2.15. The van der Waals surface area contributed by atoms with E-state index < -0.39 is 0 Å². The van der Waals surface area contributed by atoms with E-state index in [4.69, 9.17) is 16.9 Å². The molecule has 0 radical (unpaired) electrons. The second-order valence-corrected chi connectivity index (χ2v) is 3.58. The van der Waals surface area contributed by atoms with Crippen LogP contribution < -0.4 is 5.32 Å². The Hall–Kier alpha value is -1.20. The first-order valence-corrected chi connectivity index (χ1v) is 4.99. The Kier molecular flexibility index (Phi) is 4.28. The van der Waals surface area contributed by atoms with E-state index in [1.165, 1.54) is 0 Å². The van der Waals surface area contributed by atoms with Crippen molar-refractivity contribution >= 4 is 17.3 Å². The predicted molar refractivity (Wildman–Crippen MR) is 59.5 cm³/mol. The van der Waals surface area contributed by atoms with Crippen molar-refractivity contribution in [2.45, 2.75) is 19.8 Å². The summed E-state index contributed by atoms with van der Waals surface area (Å²) in [7, 11) is 0. The van der Waals surface area contributed by atoms with Gasteiger partial charge in [-0.1, -0.05) is 11.6 Å². The Labute approximate surface area is 89.5 Å². The number of benzene rings is 1. The van der Waals surface area contributed by atoms with Gasteiger partial charge in [-0.05, 0) is 37.1 Å². The molecule has 1 rings (SSSR count). The summed E-state index contributed by atoms with van der Waals surface area (Å²) in [5.41, 5.74) is 2.22. The first kappa shape index (κ1) is 10.9. The predicted octanol–water partition coefficient (Wildman–Crippen LogP) is 3.36. The number of nitrogens with zero attached hydrogens (tertiary/aromatic N) is 1. The Balaban J connectivity index is 2.47. The lowest BCUT2D eigenvalue weighted by Gasteiger charge is -2.08. The van der Waals surface area contributed by atoms with E-state index in [2.05, 4.69) is 11.4 Å². The highest BCUT2D eigenvalue weighted by Crippen LogP contribution is 2.19. The zero-order valence-corrected chi connectivity index (χ0v) is 8.93. The second kappa shape index (κ2) is 5.51. The Morgan fingerprint density at radius 2 is 2.29 bits per heavy atom. The molecule has 1 aromatic carbocycles. The van der Waals surface area contributed by atoms with Gasteiger partial charge in [0, 0.05) is 23.7 Å². The maximum absolute atomic E-state index is 8.36. The molecule has 0 saturated heterocycles. The van der Waals surface area contributed by atoms with E-state index in [1.807, 2.05) is 25.1 Å². The number of nitrogens with one attached hydrogen (secondary N) is 1. The Morgan fingerprint density at radius 1 is 1.50 bits per heavy atom. The number of halogens is 1. The molecule has 0 bridgehead atoms. The van der Waals surface area contributed by atoms with Crippen molar-refractivity contribution in [2.24, 2.45) is 0 Å². The van der Waals surface area contributed by atoms with Gasteiger partial charge < -0.3 is 5.32 Å². The van der Waals surface area contributed by atoms with Crippen molar-refractivity contribution in [3.63, 3.8) is 0 Å². The van der Waals surface area contributed by atoms with Crippen molar-refractivity contribution in [3.05, 3.63) is 28.8 Å². The summed E-state index contributed by atoms with van der Waals surface area (Å²) in [6.07, 6.45) is 1.47. The maximum atomic E-state index is 8.36. The highest BCUT2D eigenvalue weighted by atomic mass is 35.5.